The zero-order chi connectivity index (χ0) is 30.2. The Morgan fingerprint density at radius 1 is 0.951 bits per heavy atom. The standard InChI is InChI=1S/C28H22ClF6N3O3/c1-2-41-24(39)26(14-16-4-3-5-18(12-16)17-6-9-20(10-7-17)27(30,31)32)15-38(25(36)40)37-23(26)19-8-11-21(22(29)13-19)28(33,34)35/h3-13H,2,14-15H2,1H3,(H2,36,40). The quantitative estimate of drug-likeness (QED) is 0.247. The van der Waals surface area contributed by atoms with E-state index >= 15 is 0 Å². The highest BCUT2D eigenvalue weighted by Gasteiger charge is 2.52. The molecule has 1 aliphatic heterocycles. The monoisotopic (exact) mass is 597 g/mol. The van der Waals surface area contributed by atoms with Crippen LogP contribution in [0.1, 0.15) is 29.2 Å². The normalized spacial score (nSPS) is 17.4. The highest BCUT2D eigenvalue weighted by atomic mass is 35.5. The molecule has 2 amide bonds. The average molecular weight is 598 g/mol. The lowest BCUT2D eigenvalue weighted by atomic mass is 9.75. The van der Waals surface area contributed by atoms with Crippen molar-refractivity contribution in [1.29, 1.82) is 0 Å². The Balaban J connectivity index is 1.80. The summed E-state index contributed by atoms with van der Waals surface area (Å²) in [4.78, 5) is 25.6. The molecule has 216 valence electrons. The van der Waals surface area contributed by atoms with Crippen molar-refractivity contribution in [3.05, 3.63) is 94.0 Å². The third-order valence-corrected chi connectivity index (χ3v) is 6.85. The van der Waals surface area contributed by atoms with Gasteiger partial charge in [0.1, 0.15) is 5.41 Å². The molecule has 0 spiro atoms. The minimum atomic E-state index is -4.73. The molecule has 4 rings (SSSR count). The number of primary amides is 1. The molecule has 3 aromatic rings. The van der Waals surface area contributed by atoms with E-state index in [1.165, 1.54) is 12.1 Å². The number of benzene rings is 3. The van der Waals surface area contributed by atoms with Gasteiger partial charge in [0.25, 0.3) is 0 Å². The van der Waals surface area contributed by atoms with Crippen molar-refractivity contribution < 1.29 is 40.7 Å². The smallest absolute Gasteiger partial charge is 0.417 e. The Morgan fingerprint density at radius 3 is 2.17 bits per heavy atom. The van der Waals surface area contributed by atoms with Crippen molar-refractivity contribution in [3.63, 3.8) is 0 Å². The first-order valence-electron chi connectivity index (χ1n) is 12.1. The molecule has 0 saturated heterocycles. The fourth-order valence-corrected chi connectivity index (χ4v) is 4.93. The van der Waals surface area contributed by atoms with Crippen LogP contribution in [0.2, 0.25) is 5.02 Å². The Morgan fingerprint density at radius 2 is 1.61 bits per heavy atom. The van der Waals surface area contributed by atoms with Crippen LogP contribution in [0.3, 0.4) is 0 Å². The van der Waals surface area contributed by atoms with E-state index in [0.29, 0.717) is 16.7 Å². The summed E-state index contributed by atoms with van der Waals surface area (Å²) in [5.41, 5.74) is 3.32. The van der Waals surface area contributed by atoms with Crippen molar-refractivity contribution in [1.82, 2.24) is 5.01 Å². The number of hydrogen-bond acceptors (Lipinski definition) is 4. The first-order valence-corrected chi connectivity index (χ1v) is 12.5. The van der Waals surface area contributed by atoms with Gasteiger partial charge in [-0.2, -0.15) is 31.4 Å². The van der Waals surface area contributed by atoms with Crippen LogP contribution >= 0.6 is 11.6 Å². The van der Waals surface area contributed by atoms with Crippen molar-refractivity contribution in [3.8, 4) is 11.1 Å². The Kier molecular flexibility index (Phi) is 8.08. The zero-order valence-corrected chi connectivity index (χ0v) is 22.1. The third kappa shape index (κ3) is 6.17. The highest BCUT2D eigenvalue weighted by molar-refractivity contribution is 6.32. The zero-order valence-electron chi connectivity index (χ0n) is 21.3. The van der Waals surface area contributed by atoms with Crippen LogP contribution in [0.25, 0.3) is 11.1 Å². The number of nitrogens with zero attached hydrogens (tertiary/aromatic N) is 2. The van der Waals surface area contributed by atoms with Crippen LogP contribution in [0, 0.1) is 5.41 Å². The van der Waals surface area contributed by atoms with Gasteiger partial charge in [-0.25, -0.2) is 9.80 Å². The molecule has 0 radical (unpaired) electrons. The number of carbonyl (C=O) groups excluding carboxylic acids is 2. The number of hydrazone groups is 1. The number of amides is 2. The Hall–Kier alpha value is -4.06. The van der Waals surface area contributed by atoms with Gasteiger partial charge in [0, 0.05) is 5.56 Å². The molecule has 1 aliphatic rings. The molecule has 0 bridgehead atoms. The lowest BCUT2D eigenvalue weighted by molar-refractivity contribution is -0.151. The van der Waals surface area contributed by atoms with E-state index in [4.69, 9.17) is 22.1 Å². The summed E-state index contributed by atoms with van der Waals surface area (Å²) in [6.45, 7) is 1.13. The summed E-state index contributed by atoms with van der Waals surface area (Å²) in [5.74, 6) is -0.807. The highest BCUT2D eigenvalue weighted by Crippen LogP contribution is 2.40. The fraction of sp³-hybridized carbons (Fsp3) is 0.250. The third-order valence-electron chi connectivity index (χ3n) is 6.54. The summed E-state index contributed by atoms with van der Waals surface area (Å²) >= 11 is 5.95. The van der Waals surface area contributed by atoms with Gasteiger partial charge in [-0.05, 0) is 54.3 Å². The van der Waals surface area contributed by atoms with E-state index in [2.05, 4.69) is 5.10 Å². The minimum absolute atomic E-state index is 0.0405. The second-order valence-electron chi connectivity index (χ2n) is 9.29. The molecule has 1 atom stereocenters. The molecule has 0 aromatic heterocycles. The maximum absolute atomic E-state index is 13.5. The van der Waals surface area contributed by atoms with Crippen molar-refractivity contribution in [2.24, 2.45) is 16.3 Å². The maximum atomic E-state index is 13.5. The van der Waals surface area contributed by atoms with Crippen molar-refractivity contribution in [2.45, 2.75) is 25.7 Å². The van der Waals surface area contributed by atoms with Crippen LogP contribution in [-0.4, -0.2) is 35.9 Å². The number of esters is 1. The first kappa shape index (κ1) is 29.9. The SMILES string of the molecule is CCOC(=O)C1(Cc2cccc(-c3ccc(C(F)(F)F)cc3)c2)CN(C(N)=O)N=C1c1ccc(C(F)(F)F)c(Cl)c1. The molecular formula is C28H22ClF6N3O3. The molecular weight excluding hydrogens is 576 g/mol. The van der Waals surface area contributed by atoms with Gasteiger partial charge in [-0.3, -0.25) is 4.79 Å². The van der Waals surface area contributed by atoms with E-state index in [-0.39, 0.29) is 30.8 Å². The molecule has 13 heteroatoms. The van der Waals surface area contributed by atoms with Gasteiger partial charge in [-0.15, -0.1) is 0 Å². The molecule has 41 heavy (non-hydrogen) atoms. The summed E-state index contributed by atoms with van der Waals surface area (Å²) in [5, 5.41) is 4.36. The maximum Gasteiger partial charge on any atom is 0.417 e. The lowest BCUT2D eigenvalue weighted by Gasteiger charge is -2.29. The van der Waals surface area contributed by atoms with E-state index in [9.17, 15) is 35.9 Å². The number of hydrogen-bond donors (Lipinski definition) is 1. The second-order valence-corrected chi connectivity index (χ2v) is 9.70. The molecule has 3 aromatic carbocycles. The predicted octanol–water partition coefficient (Wildman–Crippen LogP) is 6.94. The second kappa shape index (κ2) is 11.1. The van der Waals surface area contributed by atoms with Gasteiger partial charge in [0.05, 0.1) is 35.0 Å². The number of carbonyl (C=O) groups is 2. The van der Waals surface area contributed by atoms with E-state index in [1.807, 2.05) is 0 Å². The number of alkyl halides is 6. The predicted molar refractivity (Wildman–Crippen MR) is 139 cm³/mol. The summed E-state index contributed by atoms with van der Waals surface area (Å²) in [6.07, 6.45) is -9.37. The van der Waals surface area contributed by atoms with Gasteiger partial charge in [0.15, 0.2) is 0 Å². The fourth-order valence-electron chi connectivity index (χ4n) is 4.64. The van der Waals surface area contributed by atoms with E-state index < -0.39 is 45.9 Å². The molecule has 2 N–H and O–H groups in total. The number of rotatable bonds is 6. The Bertz CT molecular complexity index is 1510. The Labute approximate surface area is 235 Å². The lowest BCUT2D eigenvalue weighted by Crippen LogP contribution is -2.46. The summed E-state index contributed by atoms with van der Waals surface area (Å²) in [6, 6.07) is 12.9. The van der Waals surface area contributed by atoms with Gasteiger partial charge < -0.3 is 10.5 Å². The molecule has 1 unspecified atom stereocenters. The van der Waals surface area contributed by atoms with Gasteiger partial charge in [0.2, 0.25) is 0 Å². The molecule has 0 fully saturated rings. The number of urea groups is 1. The molecule has 0 saturated carbocycles. The van der Waals surface area contributed by atoms with Crippen LogP contribution in [-0.2, 0) is 28.3 Å². The van der Waals surface area contributed by atoms with Crippen molar-refractivity contribution in [2.75, 3.05) is 13.2 Å². The largest absolute Gasteiger partial charge is 0.465 e. The molecule has 0 aliphatic carbocycles. The summed E-state index contributed by atoms with van der Waals surface area (Å²) < 4.78 is 84.4. The summed E-state index contributed by atoms with van der Waals surface area (Å²) in [7, 11) is 0. The topological polar surface area (TPSA) is 85.0 Å². The number of halogens is 7. The average Bonchev–Trinajstić information content (AvgIpc) is 3.29. The first-order chi connectivity index (χ1) is 19.2. The van der Waals surface area contributed by atoms with Crippen LogP contribution in [0.4, 0.5) is 31.1 Å². The van der Waals surface area contributed by atoms with Crippen LogP contribution in [0.5, 0.6) is 0 Å². The van der Waals surface area contributed by atoms with Crippen LogP contribution < -0.4 is 5.73 Å². The number of nitrogens with two attached hydrogens (primary N) is 1. The number of ether oxygens (including phenoxy) is 1. The van der Waals surface area contributed by atoms with Gasteiger partial charge in [-0.1, -0.05) is 54.1 Å². The molecule has 1 heterocycles. The van der Waals surface area contributed by atoms with E-state index in [0.717, 1.165) is 35.3 Å². The van der Waals surface area contributed by atoms with Gasteiger partial charge >= 0.3 is 24.4 Å². The van der Waals surface area contributed by atoms with Crippen molar-refractivity contribution >= 4 is 29.3 Å². The van der Waals surface area contributed by atoms with Crippen LogP contribution in [0.15, 0.2) is 71.8 Å². The molecule has 6 nitrogen and oxygen atoms in total. The van der Waals surface area contributed by atoms with E-state index in [1.54, 1.807) is 31.2 Å². The minimum Gasteiger partial charge on any atom is -0.465 e.